The van der Waals surface area contributed by atoms with Crippen molar-refractivity contribution < 1.29 is 21.6 Å². The van der Waals surface area contributed by atoms with Gasteiger partial charge in [-0.15, -0.1) is 0 Å². The Morgan fingerprint density at radius 3 is 2.50 bits per heavy atom. The van der Waals surface area contributed by atoms with Gasteiger partial charge in [0.15, 0.2) is 12.1 Å². The van der Waals surface area contributed by atoms with E-state index in [1.807, 2.05) is 0 Å². The van der Waals surface area contributed by atoms with Gasteiger partial charge >= 0.3 is 0 Å². The second kappa shape index (κ2) is 6.33. The molecule has 1 heterocycles. The molecule has 1 aliphatic rings. The maximum atomic E-state index is 3.65. The molecule has 18 heavy (non-hydrogen) atoms. The zero-order valence-corrected chi connectivity index (χ0v) is 14.4. The van der Waals surface area contributed by atoms with Crippen molar-refractivity contribution in [1.82, 2.24) is 0 Å². The van der Waals surface area contributed by atoms with Crippen LogP contribution in [0.25, 0.3) is 0 Å². The molecule has 0 saturated heterocycles. The maximum Gasteiger partial charge on any atom is 0.175 e. The fourth-order valence-electron chi connectivity index (χ4n) is 2.74. The van der Waals surface area contributed by atoms with E-state index in [0.717, 1.165) is 5.33 Å². The molecule has 100 valence electrons. The predicted octanol–water partition coefficient (Wildman–Crippen LogP) is 1.03. The zero-order chi connectivity index (χ0) is 12.5. The van der Waals surface area contributed by atoms with Gasteiger partial charge in [-0.05, 0) is 0 Å². The van der Waals surface area contributed by atoms with Gasteiger partial charge < -0.3 is 17.0 Å². The number of hydrogen-bond donors (Lipinski definition) is 0. The number of alkyl halides is 1. The molecule has 0 aliphatic carbocycles. The largest absolute Gasteiger partial charge is 1.00 e. The molecule has 2 rings (SSSR count). The second-order valence-corrected chi connectivity index (χ2v) is 6.31. The van der Waals surface area contributed by atoms with Gasteiger partial charge in [-0.1, -0.05) is 60.1 Å². The summed E-state index contributed by atoms with van der Waals surface area (Å²) >= 11 is 3.65. The summed E-state index contributed by atoms with van der Waals surface area (Å²) in [6, 6.07) is 11.8. The summed E-state index contributed by atoms with van der Waals surface area (Å²) in [6.45, 7) is 6.93. The van der Waals surface area contributed by atoms with Crippen LogP contribution in [0.4, 0.5) is 0 Å². The maximum absolute atomic E-state index is 3.65. The minimum Gasteiger partial charge on any atom is -1.00 e. The highest BCUT2D eigenvalue weighted by molar-refractivity contribution is 9.09. The predicted molar refractivity (Wildman–Crippen MR) is 77.2 cm³/mol. The van der Waals surface area contributed by atoms with Crippen LogP contribution in [0, 0.1) is 5.41 Å². The van der Waals surface area contributed by atoms with Gasteiger partial charge in [0.05, 0.1) is 5.33 Å². The SMILES string of the molecule is C[C@H](c1ccccc1)[N+]1=CC(C)(C)CC1CBr.[Br-]. The lowest BCUT2D eigenvalue weighted by Gasteiger charge is -2.15. The summed E-state index contributed by atoms with van der Waals surface area (Å²) in [7, 11) is 0. The summed E-state index contributed by atoms with van der Waals surface area (Å²) in [6.07, 6.45) is 3.64. The lowest BCUT2D eigenvalue weighted by atomic mass is 9.91. The minimum absolute atomic E-state index is 0. The zero-order valence-electron chi connectivity index (χ0n) is 11.2. The highest BCUT2D eigenvalue weighted by Crippen LogP contribution is 2.32. The van der Waals surface area contributed by atoms with E-state index in [4.69, 9.17) is 0 Å². The topological polar surface area (TPSA) is 3.01 Å². The number of nitrogens with zero attached hydrogens (tertiary/aromatic N) is 1. The van der Waals surface area contributed by atoms with Gasteiger partial charge in [0.25, 0.3) is 0 Å². The van der Waals surface area contributed by atoms with Gasteiger partial charge in [0.2, 0.25) is 0 Å². The molecule has 1 unspecified atom stereocenters. The molecule has 2 atom stereocenters. The average Bonchev–Trinajstić information content (AvgIpc) is 2.65. The van der Waals surface area contributed by atoms with Crippen molar-refractivity contribution in [2.45, 2.75) is 39.3 Å². The van der Waals surface area contributed by atoms with E-state index in [0.29, 0.717) is 17.5 Å². The highest BCUT2D eigenvalue weighted by atomic mass is 79.9. The van der Waals surface area contributed by atoms with Gasteiger partial charge in [-0.2, -0.15) is 0 Å². The first-order valence-electron chi connectivity index (χ1n) is 6.28. The van der Waals surface area contributed by atoms with Crippen LogP contribution in [-0.2, 0) is 0 Å². The Balaban J connectivity index is 0.00000162. The Labute approximate surface area is 129 Å². The summed E-state index contributed by atoms with van der Waals surface area (Å²) < 4.78 is 2.52. The molecular weight excluding hydrogens is 354 g/mol. The lowest BCUT2D eigenvalue weighted by molar-refractivity contribution is -0.588. The summed E-state index contributed by atoms with van der Waals surface area (Å²) in [5.41, 5.74) is 1.72. The molecule has 1 nitrogen and oxygen atoms in total. The third kappa shape index (κ3) is 3.45. The molecule has 0 radical (unpaired) electrons. The fraction of sp³-hybridized carbons (Fsp3) is 0.533. The van der Waals surface area contributed by atoms with E-state index in [2.05, 4.69) is 77.8 Å². The first-order valence-corrected chi connectivity index (χ1v) is 7.40. The first-order chi connectivity index (χ1) is 8.03. The van der Waals surface area contributed by atoms with E-state index >= 15 is 0 Å². The van der Waals surface area contributed by atoms with Gasteiger partial charge in [-0.3, -0.25) is 0 Å². The standard InChI is InChI=1S/C15H21BrN.BrH/c1-12(13-7-5-4-6-8-13)17-11-15(2,3)9-14(17)10-16;/h4-8,11-12,14H,9-10H2,1-3H3;1H/q+1;/p-1/t12-,14?;/m1./s1. The highest BCUT2D eigenvalue weighted by Gasteiger charge is 2.40. The van der Waals surface area contributed by atoms with Crippen LogP contribution in [0.1, 0.15) is 38.8 Å². The quantitative estimate of drug-likeness (QED) is 0.549. The Kier molecular flexibility index (Phi) is 5.60. The minimum atomic E-state index is 0. The van der Waals surface area contributed by atoms with Crippen molar-refractivity contribution in [2.24, 2.45) is 5.41 Å². The molecule has 1 aliphatic heterocycles. The normalized spacial score (nSPS) is 23.1. The van der Waals surface area contributed by atoms with Crippen molar-refractivity contribution in [3.8, 4) is 0 Å². The van der Waals surface area contributed by atoms with Gasteiger partial charge in [-0.25, -0.2) is 4.58 Å². The fourth-order valence-corrected chi connectivity index (χ4v) is 3.30. The Bertz CT molecular complexity index is 412. The number of halogens is 2. The van der Waals surface area contributed by atoms with Crippen LogP contribution in [0.3, 0.4) is 0 Å². The molecule has 1 aromatic carbocycles. The van der Waals surface area contributed by atoms with E-state index in [9.17, 15) is 0 Å². The molecule has 0 N–H and O–H groups in total. The third-order valence-electron chi connectivity index (χ3n) is 3.59. The molecule has 0 amide bonds. The molecule has 3 heteroatoms. The molecule has 0 aromatic heterocycles. The van der Waals surface area contributed by atoms with Crippen LogP contribution < -0.4 is 17.0 Å². The molecule has 0 fully saturated rings. The molecule has 0 spiro atoms. The summed E-state index contributed by atoms with van der Waals surface area (Å²) in [5.74, 6) is 0. The van der Waals surface area contributed by atoms with Crippen molar-refractivity contribution in [1.29, 1.82) is 0 Å². The van der Waals surface area contributed by atoms with E-state index in [1.165, 1.54) is 12.0 Å². The van der Waals surface area contributed by atoms with Crippen molar-refractivity contribution in [2.75, 3.05) is 5.33 Å². The Hall–Kier alpha value is -0.150. The second-order valence-electron chi connectivity index (χ2n) is 5.66. The van der Waals surface area contributed by atoms with Crippen LogP contribution in [0.5, 0.6) is 0 Å². The summed E-state index contributed by atoms with van der Waals surface area (Å²) in [4.78, 5) is 0. The van der Waals surface area contributed by atoms with Crippen LogP contribution in [-0.4, -0.2) is 22.2 Å². The van der Waals surface area contributed by atoms with Crippen molar-refractivity contribution in [3.63, 3.8) is 0 Å². The number of rotatable bonds is 3. The number of hydrogen-bond acceptors (Lipinski definition) is 0. The molecule has 0 bridgehead atoms. The average molecular weight is 375 g/mol. The Morgan fingerprint density at radius 2 is 1.94 bits per heavy atom. The van der Waals surface area contributed by atoms with E-state index in [-0.39, 0.29) is 17.0 Å². The van der Waals surface area contributed by atoms with E-state index in [1.54, 1.807) is 0 Å². The van der Waals surface area contributed by atoms with E-state index < -0.39 is 0 Å². The Morgan fingerprint density at radius 1 is 1.33 bits per heavy atom. The lowest BCUT2D eigenvalue weighted by Crippen LogP contribution is -3.00. The first kappa shape index (κ1) is 15.9. The van der Waals surface area contributed by atoms with Crippen LogP contribution >= 0.6 is 15.9 Å². The number of benzene rings is 1. The molecule has 0 saturated carbocycles. The van der Waals surface area contributed by atoms with Gasteiger partial charge in [0.1, 0.15) is 6.21 Å². The smallest absolute Gasteiger partial charge is 0.175 e. The van der Waals surface area contributed by atoms with Crippen molar-refractivity contribution in [3.05, 3.63) is 35.9 Å². The third-order valence-corrected chi connectivity index (χ3v) is 4.34. The van der Waals surface area contributed by atoms with Crippen LogP contribution in [0.15, 0.2) is 30.3 Å². The van der Waals surface area contributed by atoms with Crippen LogP contribution in [0.2, 0.25) is 0 Å². The summed E-state index contributed by atoms with van der Waals surface area (Å²) in [5, 5.41) is 1.05. The van der Waals surface area contributed by atoms with Gasteiger partial charge in [0, 0.05) is 24.3 Å². The molecular formula is C15H21Br2N. The molecule has 1 aromatic rings. The monoisotopic (exact) mass is 373 g/mol. The van der Waals surface area contributed by atoms with Crippen molar-refractivity contribution >= 4 is 22.1 Å².